The molecule has 0 bridgehead atoms. The van der Waals surface area contributed by atoms with Gasteiger partial charge in [0.25, 0.3) is 5.91 Å². The van der Waals surface area contributed by atoms with Gasteiger partial charge in [-0.1, -0.05) is 0 Å². The Bertz CT molecular complexity index is 412. The number of hydrogen-bond acceptors (Lipinski definition) is 3. The molecule has 4 nitrogen and oxygen atoms in total. The summed E-state index contributed by atoms with van der Waals surface area (Å²) in [5, 5.41) is 0. The van der Waals surface area contributed by atoms with Crippen LogP contribution in [0.4, 0.5) is 14.5 Å². The van der Waals surface area contributed by atoms with Gasteiger partial charge in [-0.2, -0.15) is 0 Å². The van der Waals surface area contributed by atoms with Crippen molar-refractivity contribution in [2.75, 3.05) is 12.5 Å². The Morgan fingerprint density at radius 2 is 1.82 bits per heavy atom. The van der Waals surface area contributed by atoms with Crippen LogP contribution in [-0.4, -0.2) is 23.9 Å². The number of benzene rings is 1. The fraction of sp³-hybridized carbons (Fsp3) is 0.364. The summed E-state index contributed by atoms with van der Waals surface area (Å²) < 4.78 is 26.8. The van der Waals surface area contributed by atoms with E-state index < -0.39 is 23.2 Å². The molecule has 1 aromatic rings. The molecule has 0 saturated carbocycles. The first-order valence-corrected chi connectivity index (χ1v) is 5.11. The molecule has 3 N–H and O–H groups in total. The van der Waals surface area contributed by atoms with Crippen molar-refractivity contribution in [3.8, 4) is 0 Å². The van der Waals surface area contributed by atoms with Crippen molar-refractivity contribution >= 4 is 11.6 Å². The first kappa shape index (κ1) is 13.4. The van der Waals surface area contributed by atoms with Gasteiger partial charge >= 0.3 is 0 Å². The van der Waals surface area contributed by atoms with Gasteiger partial charge in [-0.05, 0) is 26.0 Å². The molecular formula is C11H15F2N3O. The lowest BCUT2D eigenvalue weighted by molar-refractivity contribution is 0.0754. The molecule has 6 heteroatoms. The number of hydrogen-bond donors (Lipinski definition) is 2. The van der Waals surface area contributed by atoms with E-state index in [9.17, 15) is 13.6 Å². The lowest BCUT2D eigenvalue weighted by Crippen LogP contribution is -2.33. The Morgan fingerprint density at radius 1 is 1.35 bits per heavy atom. The van der Waals surface area contributed by atoms with Gasteiger partial charge in [-0.3, -0.25) is 10.6 Å². The molecule has 94 valence electrons. The standard InChI is InChI=1S/C11H15F2N3O/c1-6(2)16(3)11(17)7-4-8(12)10(15-14)9(13)5-7/h4-6,15H,14H2,1-3H3. The van der Waals surface area contributed by atoms with E-state index in [0.717, 1.165) is 12.1 Å². The minimum Gasteiger partial charge on any atom is -0.339 e. The number of nitrogen functional groups attached to an aromatic ring is 1. The second-order valence-electron chi connectivity index (χ2n) is 3.97. The maximum atomic E-state index is 13.4. The zero-order chi connectivity index (χ0) is 13.2. The van der Waals surface area contributed by atoms with Gasteiger partial charge in [0.1, 0.15) is 5.69 Å². The summed E-state index contributed by atoms with van der Waals surface area (Å²) in [4.78, 5) is 13.2. The quantitative estimate of drug-likeness (QED) is 0.628. The third kappa shape index (κ3) is 2.71. The van der Waals surface area contributed by atoms with Gasteiger partial charge in [-0.25, -0.2) is 8.78 Å². The number of nitrogens with two attached hydrogens (primary N) is 1. The van der Waals surface area contributed by atoms with Gasteiger partial charge in [-0.15, -0.1) is 0 Å². The molecule has 1 rings (SSSR count). The molecule has 0 saturated heterocycles. The van der Waals surface area contributed by atoms with Gasteiger partial charge in [0.2, 0.25) is 0 Å². The van der Waals surface area contributed by atoms with Crippen molar-refractivity contribution in [3.63, 3.8) is 0 Å². The van der Waals surface area contributed by atoms with Crippen molar-refractivity contribution in [1.82, 2.24) is 4.90 Å². The van der Waals surface area contributed by atoms with Crippen molar-refractivity contribution in [1.29, 1.82) is 0 Å². The topological polar surface area (TPSA) is 58.4 Å². The van der Waals surface area contributed by atoms with E-state index in [1.165, 1.54) is 4.90 Å². The van der Waals surface area contributed by atoms with Gasteiger partial charge in [0.05, 0.1) is 0 Å². The summed E-state index contributed by atoms with van der Waals surface area (Å²) in [5.74, 6) is 2.73. The fourth-order valence-electron chi connectivity index (χ4n) is 1.27. The average Bonchev–Trinajstić information content (AvgIpc) is 2.26. The number of carbonyl (C=O) groups is 1. The fourth-order valence-corrected chi connectivity index (χ4v) is 1.27. The number of rotatable bonds is 3. The lowest BCUT2D eigenvalue weighted by Gasteiger charge is -2.21. The van der Waals surface area contributed by atoms with Gasteiger partial charge < -0.3 is 10.3 Å². The normalized spacial score (nSPS) is 10.5. The number of hydrazine groups is 1. The van der Waals surface area contributed by atoms with Crippen molar-refractivity contribution in [3.05, 3.63) is 29.3 Å². The molecular weight excluding hydrogens is 228 g/mol. The molecule has 0 fully saturated rings. The van der Waals surface area contributed by atoms with Gasteiger partial charge in [0, 0.05) is 18.7 Å². The first-order valence-electron chi connectivity index (χ1n) is 5.11. The number of halogens is 2. The highest BCUT2D eigenvalue weighted by Crippen LogP contribution is 2.20. The van der Waals surface area contributed by atoms with Crippen LogP contribution in [-0.2, 0) is 0 Å². The molecule has 0 spiro atoms. The lowest BCUT2D eigenvalue weighted by atomic mass is 10.1. The molecule has 0 aromatic heterocycles. The van der Waals surface area contributed by atoms with E-state index >= 15 is 0 Å². The molecule has 0 heterocycles. The van der Waals surface area contributed by atoms with Crippen LogP contribution in [0.5, 0.6) is 0 Å². The minimum absolute atomic E-state index is 0.0461. The Morgan fingerprint density at radius 3 is 2.18 bits per heavy atom. The zero-order valence-electron chi connectivity index (χ0n) is 9.92. The molecule has 0 atom stereocenters. The third-order valence-corrected chi connectivity index (χ3v) is 2.53. The second kappa shape index (κ2) is 5.09. The van der Waals surface area contributed by atoms with Crippen LogP contribution < -0.4 is 11.3 Å². The molecule has 0 radical (unpaired) electrons. The van der Waals surface area contributed by atoms with E-state index in [0.29, 0.717) is 0 Å². The smallest absolute Gasteiger partial charge is 0.254 e. The number of nitrogens with zero attached hydrogens (tertiary/aromatic N) is 1. The van der Waals surface area contributed by atoms with E-state index in [1.54, 1.807) is 20.9 Å². The summed E-state index contributed by atoms with van der Waals surface area (Å²) in [6.07, 6.45) is 0. The predicted octanol–water partition coefficient (Wildman–Crippen LogP) is 1.73. The summed E-state index contributed by atoms with van der Waals surface area (Å²) >= 11 is 0. The highest BCUT2D eigenvalue weighted by atomic mass is 19.1. The number of carbonyl (C=O) groups excluding carboxylic acids is 1. The molecule has 0 aliphatic heterocycles. The summed E-state index contributed by atoms with van der Waals surface area (Å²) in [7, 11) is 1.57. The average molecular weight is 243 g/mol. The van der Waals surface area contributed by atoms with E-state index in [2.05, 4.69) is 0 Å². The van der Waals surface area contributed by atoms with E-state index in [1.807, 2.05) is 5.43 Å². The third-order valence-electron chi connectivity index (χ3n) is 2.53. The Kier molecular flexibility index (Phi) is 4.01. The van der Waals surface area contributed by atoms with Crippen LogP contribution in [0.2, 0.25) is 0 Å². The van der Waals surface area contributed by atoms with Crippen LogP contribution in [0, 0.1) is 11.6 Å². The highest BCUT2D eigenvalue weighted by Gasteiger charge is 2.18. The molecule has 17 heavy (non-hydrogen) atoms. The highest BCUT2D eigenvalue weighted by molar-refractivity contribution is 5.94. The number of nitrogens with one attached hydrogen (secondary N) is 1. The Hall–Kier alpha value is -1.69. The van der Waals surface area contributed by atoms with Crippen molar-refractivity contribution in [2.45, 2.75) is 19.9 Å². The number of anilines is 1. The molecule has 0 aliphatic rings. The zero-order valence-corrected chi connectivity index (χ0v) is 9.92. The summed E-state index contributed by atoms with van der Waals surface area (Å²) in [5.41, 5.74) is 1.41. The monoisotopic (exact) mass is 243 g/mol. The van der Waals surface area contributed by atoms with Crippen LogP contribution >= 0.6 is 0 Å². The maximum absolute atomic E-state index is 13.4. The number of amides is 1. The van der Waals surface area contributed by atoms with Crippen molar-refractivity contribution < 1.29 is 13.6 Å². The minimum atomic E-state index is -0.895. The van der Waals surface area contributed by atoms with Crippen LogP contribution in [0.3, 0.4) is 0 Å². The van der Waals surface area contributed by atoms with Crippen LogP contribution in [0.15, 0.2) is 12.1 Å². The largest absolute Gasteiger partial charge is 0.339 e. The van der Waals surface area contributed by atoms with E-state index in [4.69, 9.17) is 5.84 Å². The SMILES string of the molecule is CC(C)N(C)C(=O)c1cc(F)c(NN)c(F)c1. The Balaban J connectivity index is 3.13. The first-order chi connectivity index (χ1) is 7.88. The maximum Gasteiger partial charge on any atom is 0.254 e. The van der Waals surface area contributed by atoms with Gasteiger partial charge in [0.15, 0.2) is 11.6 Å². The molecule has 0 unspecified atom stereocenters. The predicted molar refractivity (Wildman–Crippen MR) is 61.4 cm³/mol. The Labute approximate surface area is 98.4 Å². The van der Waals surface area contributed by atoms with Crippen molar-refractivity contribution in [2.24, 2.45) is 5.84 Å². The van der Waals surface area contributed by atoms with E-state index in [-0.39, 0.29) is 11.6 Å². The summed E-state index contributed by atoms with van der Waals surface area (Å²) in [6, 6.07) is 1.86. The molecule has 1 amide bonds. The second-order valence-corrected chi connectivity index (χ2v) is 3.97. The molecule has 0 aliphatic carbocycles. The summed E-state index contributed by atoms with van der Waals surface area (Å²) in [6.45, 7) is 3.61. The van der Waals surface area contributed by atoms with Crippen LogP contribution in [0.25, 0.3) is 0 Å². The molecule has 1 aromatic carbocycles. The van der Waals surface area contributed by atoms with Crippen LogP contribution in [0.1, 0.15) is 24.2 Å².